The van der Waals surface area contributed by atoms with Crippen LogP contribution in [0.5, 0.6) is 0 Å². The van der Waals surface area contributed by atoms with Crippen LogP contribution in [0.1, 0.15) is 187 Å². The first-order chi connectivity index (χ1) is 32.7. The van der Waals surface area contributed by atoms with E-state index < -0.39 is 0 Å². The Morgan fingerprint density at radius 3 is 1.34 bits per heavy atom. The molecular weight excluding hydrogens is 865 g/mol. The van der Waals surface area contributed by atoms with Crippen LogP contribution < -0.4 is 9.80 Å². The fraction of sp³-hybridized carbons (Fsp3) is 0.433. The zero-order valence-corrected chi connectivity index (χ0v) is 46.4. The first kappa shape index (κ1) is 48.5. The van der Waals surface area contributed by atoms with Crippen molar-refractivity contribution in [1.82, 2.24) is 0 Å². The Hall–Kier alpha value is -5.12. The van der Waals surface area contributed by atoms with Gasteiger partial charge in [0.2, 0.25) is 0 Å². The molecule has 0 N–H and O–H groups in total. The Kier molecular flexibility index (Phi) is 11.4. The summed E-state index contributed by atoms with van der Waals surface area (Å²) < 4.78 is 1.37. The molecule has 0 atom stereocenters. The smallest absolute Gasteiger partial charge is 0.0647 e. The molecule has 0 fully saturated rings. The topological polar surface area (TPSA) is 6.48 Å². The SMILES string of the molecule is Cc1cc(N(c2ccc3c(c2)C(C)(C)CCC3(C)C)c2ccc(C(C)(C)C)cc2-c2ccccc2)cc(N(c2ccc3c(c2)C(C)(C)CCC3(C)C)c2csc3cc4c(cc23)C(C)(C)CCC4(C)C)c1. The Balaban J connectivity index is 1.26. The van der Waals surface area contributed by atoms with Gasteiger partial charge in [0.15, 0.2) is 0 Å². The number of aryl methyl sites for hydroxylation is 1. The third-order valence-corrected chi connectivity index (χ3v) is 18.6. The van der Waals surface area contributed by atoms with E-state index in [1.807, 2.05) is 11.3 Å². The van der Waals surface area contributed by atoms with E-state index in [1.165, 1.54) is 126 Å². The Morgan fingerprint density at radius 2 is 0.857 bits per heavy atom. The number of hydrogen-bond donors (Lipinski definition) is 0. The maximum Gasteiger partial charge on any atom is 0.0647 e. The predicted octanol–water partition coefficient (Wildman–Crippen LogP) is 20.2. The molecule has 1 heterocycles. The second-order valence-corrected chi connectivity index (χ2v) is 27.7. The van der Waals surface area contributed by atoms with Gasteiger partial charge in [-0.05, 0) is 200 Å². The largest absolute Gasteiger partial charge is 0.310 e. The lowest BCUT2D eigenvalue weighted by molar-refractivity contribution is 0.332. The normalized spacial score (nSPS) is 19.2. The molecule has 3 aliphatic carbocycles. The van der Waals surface area contributed by atoms with Crippen LogP contribution in [0, 0.1) is 6.92 Å². The zero-order chi connectivity index (χ0) is 50.1. The Bertz CT molecular complexity index is 3160. The molecular formula is C67H80N2S. The molecule has 0 spiro atoms. The summed E-state index contributed by atoms with van der Waals surface area (Å²) in [5.41, 5.74) is 21.7. The van der Waals surface area contributed by atoms with Gasteiger partial charge >= 0.3 is 0 Å². The molecule has 0 saturated heterocycles. The fourth-order valence-electron chi connectivity index (χ4n) is 12.6. The highest BCUT2D eigenvalue weighted by Gasteiger charge is 2.41. The summed E-state index contributed by atoms with van der Waals surface area (Å²) in [6.45, 7) is 38.7. The molecule has 3 heteroatoms. The molecule has 10 rings (SSSR count). The minimum atomic E-state index is -0.0164. The summed E-state index contributed by atoms with van der Waals surface area (Å²) in [5, 5.41) is 3.80. The van der Waals surface area contributed by atoms with Crippen molar-refractivity contribution in [1.29, 1.82) is 0 Å². The minimum Gasteiger partial charge on any atom is -0.310 e. The quantitative estimate of drug-likeness (QED) is 0.157. The highest BCUT2D eigenvalue weighted by Crippen LogP contribution is 2.55. The summed E-state index contributed by atoms with van der Waals surface area (Å²) in [6.07, 6.45) is 7.11. The van der Waals surface area contributed by atoms with Gasteiger partial charge in [0.1, 0.15) is 0 Å². The van der Waals surface area contributed by atoms with Gasteiger partial charge in [0.05, 0.1) is 11.4 Å². The van der Waals surface area contributed by atoms with E-state index in [1.54, 1.807) is 0 Å². The summed E-state index contributed by atoms with van der Waals surface area (Å²) in [4.78, 5) is 5.21. The first-order valence-electron chi connectivity index (χ1n) is 26.5. The molecule has 6 aromatic carbocycles. The lowest BCUT2D eigenvalue weighted by Crippen LogP contribution is -2.34. The van der Waals surface area contributed by atoms with Crippen LogP contribution in [0.2, 0.25) is 0 Å². The second kappa shape index (κ2) is 16.5. The minimum absolute atomic E-state index is 0.0164. The van der Waals surface area contributed by atoms with Crippen LogP contribution in [0.25, 0.3) is 21.2 Å². The van der Waals surface area contributed by atoms with Crippen molar-refractivity contribution in [2.75, 3.05) is 9.80 Å². The molecule has 0 amide bonds. The van der Waals surface area contributed by atoms with Gasteiger partial charge in [0, 0.05) is 43.8 Å². The zero-order valence-electron chi connectivity index (χ0n) is 45.6. The number of fused-ring (bicyclic) bond motifs is 4. The predicted molar refractivity (Wildman–Crippen MR) is 306 cm³/mol. The van der Waals surface area contributed by atoms with Crippen LogP contribution in [0.15, 0.2) is 121 Å². The lowest BCUT2D eigenvalue weighted by atomic mass is 9.63. The number of anilines is 6. The number of hydrogen-bond acceptors (Lipinski definition) is 3. The summed E-state index contributed by atoms with van der Waals surface area (Å²) in [7, 11) is 0. The summed E-state index contributed by atoms with van der Waals surface area (Å²) >= 11 is 1.91. The maximum absolute atomic E-state index is 2.62. The second-order valence-electron chi connectivity index (χ2n) is 26.8. The van der Waals surface area contributed by atoms with Gasteiger partial charge < -0.3 is 9.80 Å². The number of nitrogens with zero attached hydrogens (tertiary/aromatic N) is 2. The molecule has 0 saturated carbocycles. The summed E-state index contributed by atoms with van der Waals surface area (Å²) in [5.74, 6) is 0. The van der Waals surface area contributed by atoms with Crippen molar-refractivity contribution < 1.29 is 0 Å². The van der Waals surface area contributed by atoms with Crippen molar-refractivity contribution in [3.63, 3.8) is 0 Å². The standard InChI is InChI=1S/C67H80N2S/c1-43-34-48(68(46-23-25-52-54(38-46)64(9,10)30-28-62(52,5)6)58-27-22-45(61(2,3)4)36-50(58)44-20-18-17-19-21-44)37-49(35-43)69(47-24-26-53-55(39-47)65(11,12)31-29-63(53,7)8)59-42-70-60-41-57-56(40-51(59)60)66(13,14)32-33-67(57,15)16/h17-27,34-42H,28-33H2,1-16H3. The van der Waals surface area contributed by atoms with Crippen LogP contribution in [0.4, 0.5) is 34.1 Å². The van der Waals surface area contributed by atoms with E-state index >= 15 is 0 Å². The molecule has 70 heavy (non-hydrogen) atoms. The third-order valence-electron chi connectivity index (χ3n) is 17.7. The highest BCUT2D eigenvalue weighted by molar-refractivity contribution is 7.17. The molecule has 0 aliphatic heterocycles. The maximum atomic E-state index is 2.62. The monoisotopic (exact) mass is 945 g/mol. The molecule has 2 nitrogen and oxygen atoms in total. The van der Waals surface area contributed by atoms with E-state index in [0.29, 0.717) is 0 Å². The van der Waals surface area contributed by atoms with Gasteiger partial charge in [-0.1, -0.05) is 152 Å². The van der Waals surface area contributed by atoms with Gasteiger partial charge in [-0.2, -0.15) is 0 Å². The van der Waals surface area contributed by atoms with Crippen LogP contribution >= 0.6 is 11.3 Å². The molecule has 0 radical (unpaired) electrons. The van der Waals surface area contributed by atoms with Crippen LogP contribution in [-0.4, -0.2) is 0 Å². The van der Waals surface area contributed by atoms with E-state index in [9.17, 15) is 0 Å². The van der Waals surface area contributed by atoms with Crippen molar-refractivity contribution in [3.8, 4) is 11.1 Å². The average molecular weight is 945 g/mol. The van der Waals surface area contributed by atoms with Crippen molar-refractivity contribution in [2.45, 2.75) is 187 Å². The Morgan fingerprint density at radius 1 is 0.414 bits per heavy atom. The molecule has 364 valence electrons. The van der Waals surface area contributed by atoms with Crippen molar-refractivity contribution in [3.05, 3.63) is 165 Å². The first-order valence-corrected chi connectivity index (χ1v) is 27.3. The molecule has 3 aliphatic rings. The molecule has 7 aromatic rings. The fourth-order valence-corrected chi connectivity index (χ4v) is 13.5. The van der Waals surface area contributed by atoms with Crippen LogP contribution in [0.3, 0.4) is 0 Å². The van der Waals surface area contributed by atoms with Gasteiger partial charge in [-0.25, -0.2) is 0 Å². The molecule has 1 aromatic heterocycles. The Labute approximate surface area is 426 Å². The number of thiophene rings is 1. The van der Waals surface area contributed by atoms with Gasteiger partial charge in [-0.3, -0.25) is 0 Å². The average Bonchev–Trinajstić information content (AvgIpc) is 3.71. The molecule has 0 bridgehead atoms. The van der Waals surface area contributed by atoms with E-state index in [-0.39, 0.29) is 37.9 Å². The number of rotatable bonds is 7. The van der Waals surface area contributed by atoms with E-state index in [4.69, 9.17) is 0 Å². The van der Waals surface area contributed by atoms with Crippen molar-refractivity contribution >= 4 is 55.5 Å². The van der Waals surface area contributed by atoms with Crippen molar-refractivity contribution in [2.24, 2.45) is 0 Å². The van der Waals surface area contributed by atoms with Gasteiger partial charge in [-0.15, -0.1) is 11.3 Å². The third kappa shape index (κ3) is 8.34. The molecule has 0 unspecified atom stereocenters. The van der Waals surface area contributed by atoms with Crippen LogP contribution in [-0.2, 0) is 37.9 Å². The lowest BCUT2D eigenvalue weighted by Gasteiger charge is -2.43. The number of benzene rings is 6. The van der Waals surface area contributed by atoms with E-state index in [0.717, 1.165) is 12.1 Å². The summed E-state index contributed by atoms with van der Waals surface area (Å²) in [6, 6.07) is 45.7. The van der Waals surface area contributed by atoms with E-state index in [2.05, 4.69) is 241 Å². The van der Waals surface area contributed by atoms with Gasteiger partial charge in [0.25, 0.3) is 0 Å². The highest BCUT2D eigenvalue weighted by atomic mass is 32.1.